The van der Waals surface area contributed by atoms with Crippen molar-refractivity contribution in [3.05, 3.63) is 12.2 Å². The van der Waals surface area contributed by atoms with E-state index in [-0.39, 0.29) is 6.10 Å². The minimum atomic E-state index is -0.261. The summed E-state index contributed by atoms with van der Waals surface area (Å²) < 4.78 is 0. The highest BCUT2D eigenvalue weighted by Crippen LogP contribution is 2.12. The highest BCUT2D eigenvalue weighted by molar-refractivity contribution is 4.89. The van der Waals surface area contributed by atoms with E-state index in [1.54, 1.807) is 0 Å². The molecule has 0 aromatic heterocycles. The van der Waals surface area contributed by atoms with Gasteiger partial charge < -0.3 is 5.11 Å². The maximum Gasteiger partial charge on any atom is 0.0743 e. The average molecular weight is 283 g/mol. The van der Waals surface area contributed by atoms with Crippen LogP contribution in [0.25, 0.3) is 0 Å². The number of unbranched alkanes of at least 4 members (excludes halogenated alkanes) is 11. The van der Waals surface area contributed by atoms with Crippen molar-refractivity contribution in [1.29, 1.82) is 0 Å². The summed E-state index contributed by atoms with van der Waals surface area (Å²) in [7, 11) is 0. The van der Waals surface area contributed by atoms with Gasteiger partial charge >= 0.3 is 0 Å². The zero-order valence-electron chi connectivity index (χ0n) is 14.2. The molecule has 1 atom stereocenters. The highest BCUT2D eigenvalue weighted by Gasteiger charge is 2.02. The van der Waals surface area contributed by atoms with Gasteiger partial charge in [-0.2, -0.15) is 0 Å². The van der Waals surface area contributed by atoms with E-state index in [4.69, 9.17) is 0 Å². The maximum atomic E-state index is 9.62. The van der Waals surface area contributed by atoms with E-state index in [9.17, 15) is 5.11 Å². The summed E-state index contributed by atoms with van der Waals surface area (Å²) >= 11 is 0. The van der Waals surface area contributed by atoms with Gasteiger partial charge in [0.15, 0.2) is 0 Å². The van der Waals surface area contributed by atoms with E-state index in [0.29, 0.717) is 5.92 Å². The van der Waals surface area contributed by atoms with Crippen LogP contribution >= 0.6 is 0 Å². The summed E-state index contributed by atoms with van der Waals surface area (Å²) in [5.41, 5.74) is 0. The van der Waals surface area contributed by atoms with Gasteiger partial charge in [0.25, 0.3) is 0 Å². The SMILES string of the molecule is CCCCCCCCCCCCCC=CC(O)C(C)C. The average Bonchev–Trinajstić information content (AvgIpc) is 2.43. The molecule has 0 saturated carbocycles. The molecule has 0 spiro atoms. The minimum absolute atomic E-state index is 0.261. The van der Waals surface area contributed by atoms with Gasteiger partial charge in [-0.1, -0.05) is 97.1 Å². The van der Waals surface area contributed by atoms with Crippen LogP contribution in [0.1, 0.15) is 97.8 Å². The molecule has 0 rings (SSSR count). The molecule has 0 aromatic rings. The normalized spacial score (nSPS) is 13.4. The predicted octanol–water partition coefficient (Wildman–Crippen LogP) is 6.26. The first kappa shape index (κ1) is 19.7. The third-order valence-electron chi connectivity index (χ3n) is 3.99. The molecule has 1 unspecified atom stereocenters. The molecule has 0 aliphatic carbocycles. The zero-order chi connectivity index (χ0) is 15.1. The smallest absolute Gasteiger partial charge is 0.0743 e. The van der Waals surface area contributed by atoms with Gasteiger partial charge in [-0.3, -0.25) is 0 Å². The number of allylic oxidation sites excluding steroid dienone is 1. The van der Waals surface area contributed by atoms with Crippen molar-refractivity contribution in [3.63, 3.8) is 0 Å². The molecule has 0 amide bonds. The van der Waals surface area contributed by atoms with Crippen LogP contribution < -0.4 is 0 Å². The first-order valence-corrected chi connectivity index (χ1v) is 9.03. The van der Waals surface area contributed by atoms with Crippen molar-refractivity contribution < 1.29 is 5.11 Å². The van der Waals surface area contributed by atoms with Crippen molar-refractivity contribution in [3.8, 4) is 0 Å². The van der Waals surface area contributed by atoms with E-state index in [2.05, 4.69) is 26.8 Å². The van der Waals surface area contributed by atoms with Gasteiger partial charge in [0, 0.05) is 0 Å². The van der Waals surface area contributed by atoms with Gasteiger partial charge in [0.1, 0.15) is 0 Å². The summed E-state index contributed by atoms with van der Waals surface area (Å²) in [6.45, 7) is 6.38. The molecule has 0 heterocycles. The Bertz CT molecular complexity index is 208. The summed E-state index contributed by atoms with van der Waals surface area (Å²) in [5, 5.41) is 9.62. The zero-order valence-corrected chi connectivity index (χ0v) is 14.2. The fraction of sp³-hybridized carbons (Fsp3) is 0.895. The lowest BCUT2D eigenvalue weighted by Gasteiger charge is -2.08. The largest absolute Gasteiger partial charge is 0.389 e. The summed E-state index contributed by atoms with van der Waals surface area (Å²) in [6.07, 6.45) is 20.3. The Labute approximate surface area is 127 Å². The monoisotopic (exact) mass is 282 g/mol. The molecular weight excluding hydrogens is 244 g/mol. The Morgan fingerprint density at radius 3 is 1.65 bits per heavy atom. The van der Waals surface area contributed by atoms with Crippen molar-refractivity contribution in [2.75, 3.05) is 0 Å². The van der Waals surface area contributed by atoms with Crippen LogP contribution in [-0.2, 0) is 0 Å². The van der Waals surface area contributed by atoms with Gasteiger partial charge in [-0.15, -0.1) is 0 Å². The van der Waals surface area contributed by atoms with E-state index < -0.39 is 0 Å². The van der Waals surface area contributed by atoms with Gasteiger partial charge in [0.05, 0.1) is 6.10 Å². The topological polar surface area (TPSA) is 20.2 Å². The molecule has 20 heavy (non-hydrogen) atoms. The van der Waals surface area contributed by atoms with Crippen molar-refractivity contribution in [1.82, 2.24) is 0 Å². The molecule has 0 saturated heterocycles. The maximum absolute atomic E-state index is 9.62. The number of hydrogen-bond donors (Lipinski definition) is 1. The molecule has 120 valence electrons. The van der Waals surface area contributed by atoms with E-state index >= 15 is 0 Å². The van der Waals surface area contributed by atoms with Crippen LogP contribution in [-0.4, -0.2) is 11.2 Å². The lowest BCUT2D eigenvalue weighted by Crippen LogP contribution is -2.10. The molecule has 0 aromatic carbocycles. The molecule has 0 radical (unpaired) electrons. The number of aliphatic hydroxyl groups excluding tert-OH is 1. The second-order valence-corrected chi connectivity index (χ2v) is 6.49. The van der Waals surface area contributed by atoms with Crippen LogP contribution in [0.4, 0.5) is 0 Å². The molecule has 1 nitrogen and oxygen atoms in total. The second-order valence-electron chi connectivity index (χ2n) is 6.49. The summed E-state index contributed by atoms with van der Waals surface area (Å²) in [6, 6.07) is 0. The summed E-state index contributed by atoms with van der Waals surface area (Å²) in [4.78, 5) is 0. The van der Waals surface area contributed by atoms with Gasteiger partial charge in [0.2, 0.25) is 0 Å². The first-order valence-electron chi connectivity index (χ1n) is 9.03. The molecule has 1 heteroatoms. The van der Waals surface area contributed by atoms with Crippen molar-refractivity contribution in [2.24, 2.45) is 5.92 Å². The van der Waals surface area contributed by atoms with Crippen LogP contribution in [0.15, 0.2) is 12.2 Å². The lowest BCUT2D eigenvalue weighted by atomic mass is 10.0. The third-order valence-corrected chi connectivity index (χ3v) is 3.99. The Hall–Kier alpha value is -0.300. The Kier molecular flexibility index (Phi) is 14.9. The minimum Gasteiger partial charge on any atom is -0.389 e. The number of aliphatic hydroxyl groups is 1. The lowest BCUT2D eigenvalue weighted by molar-refractivity contribution is 0.172. The molecule has 1 N–H and O–H groups in total. The van der Waals surface area contributed by atoms with Gasteiger partial charge in [-0.25, -0.2) is 0 Å². The molecule has 0 aliphatic rings. The highest BCUT2D eigenvalue weighted by atomic mass is 16.3. The molecule has 0 fully saturated rings. The van der Waals surface area contributed by atoms with Crippen LogP contribution in [0.2, 0.25) is 0 Å². The fourth-order valence-corrected chi connectivity index (χ4v) is 2.38. The second kappa shape index (κ2) is 15.1. The van der Waals surface area contributed by atoms with E-state index in [1.807, 2.05) is 6.08 Å². The first-order chi connectivity index (χ1) is 9.68. The number of rotatable bonds is 14. The predicted molar refractivity (Wildman–Crippen MR) is 91.1 cm³/mol. The van der Waals surface area contributed by atoms with E-state index in [1.165, 1.54) is 70.6 Å². The van der Waals surface area contributed by atoms with E-state index in [0.717, 1.165) is 6.42 Å². The van der Waals surface area contributed by atoms with Crippen molar-refractivity contribution >= 4 is 0 Å². The fourth-order valence-electron chi connectivity index (χ4n) is 2.38. The summed E-state index contributed by atoms with van der Waals surface area (Å²) in [5.74, 6) is 0.337. The molecular formula is C19H38O. The molecule has 0 bridgehead atoms. The van der Waals surface area contributed by atoms with Crippen LogP contribution in [0.5, 0.6) is 0 Å². The quantitative estimate of drug-likeness (QED) is 0.294. The standard InChI is InChI=1S/C19H38O/c1-4-5-6-7-8-9-10-11-12-13-14-15-16-17-19(20)18(2)3/h16-20H,4-15H2,1-3H3. The van der Waals surface area contributed by atoms with Crippen molar-refractivity contribution in [2.45, 2.75) is 104 Å². The Balaban J connectivity index is 3.13. The number of hydrogen-bond acceptors (Lipinski definition) is 1. The third kappa shape index (κ3) is 14.1. The Morgan fingerprint density at radius 1 is 0.750 bits per heavy atom. The van der Waals surface area contributed by atoms with Crippen LogP contribution in [0.3, 0.4) is 0 Å². The van der Waals surface area contributed by atoms with Crippen LogP contribution in [0, 0.1) is 5.92 Å². The molecule has 0 aliphatic heterocycles. The van der Waals surface area contributed by atoms with Gasteiger partial charge in [-0.05, 0) is 18.8 Å². The Morgan fingerprint density at radius 2 is 1.20 bits per heavy atom.